The van der Waals surface area contributed by atoms with Crippen molar-refractivity contribution >= 4 is 34.4 Å². The Morgan fingerprint density at radius 3 is 2.46 bits per heavy atom. The molecular weight excluding hydrogens is 454 g/mol. The second-order valence-electron chi connectivity index (χ2n) is 8.12. The molecule has 11 heteroatoms. The highest BCUT2D eigenvalue weighted by Gasteiger charge is 2.51. The van der Waals surface area contributed by atoms with E-state index in [9.17, 15) is 19.2 Å². The van der Waals surface area contributed by atoms with Crippen molar-refractivity contribution in [2.45, 2.75) is 25.4 Å². The number of benzene rings is 2. The van der Waals surface area contributed by atoms with Gasteiger partial charge in [-0.2, -0.15) is 0 Å². The van der Waals surface area contributed by atoms with E-state index in [1.807, 2.05) is 42.5 Å². The summed E-state index contributed by atoms with van der Waals surface area (Å²) in [7, 11) is 1.31. The molecule has 1 unspecified atom stereocenters. The molecule has 11 nitrogen and oxygen atoms in total. The number of primary amides is 2. The van der Waals surface area contributed by atoms with Crippen LogP contribution in [0.2, 0.25) is 0 Å². The lowest BCUT2D eigenvalue weighted by atomic mass is 9.79. The smallest absolute Gasteiger partial charge is 0.274 e. The number of methoxy groups -OCH3 is 1. The molecule has 0 spiro atoms. The maximum atomic E-state index is 13.4. The van der Waals surface area contributed by atoms with E-state index in [-0.39, 0.29) is 18.8 Å². The number of carbonyl (C=O) groups excluding carboxylic acids is 4. The van der Waals surface area contributed by atoms with E-state index >= 15 is 0 Å². The number of aryl methyl sites for hydroxylation is 1. The van der Waals surface area contributed by atoms with Crippen molar-refractivity contribution in [3.05, 3.63) is 65.5 Å². The number of amides is 4. The first kappa shape index (κ1) is 25.4. The minimum atomic E-state index is -2.19. The molecule has 0 aliphatic carbocycles. The summed E-state index contributed by atoms with van der Waals surface area (Å²) in [5.41, 5.74) is 9.53. The highest BCUT2D eigenvalue weighted by Crippen LogP contribution is 2.25. The third-order valence-corrected chi connectivity index (χ3v) is 5.67. The summed E-state index contributed by atoms with van der Waals surface area (Å²) in [6.45, 7) is 1.35. The van der Waals surface area contributed by atoms with Gasteiger partial charge in [0.05, 0.1) is 18.9 Å². The number of hydrogen-bond donors (Lipinski definition) is 4. The SMILES string of the molecule is COC[C@@H](C(=O)NCc1cccc2ccccc12)C(CC(N)=O)(NC(=O)c1cc(C)on1)C(N)=O. The average molecular weight is 482 g/mol. The molecule has 2 atom stereocenters. The molecule has 1 heterocycles. The first-order valence-electron chi connectivity index (χ1n) is 10.7. The van der Waals surface area contributed by atoms with Crippen molar-refractivity contribution < 1.29 is 28.4 Å². The van der Waals surface area contributed by atoms with E-state index in [2.05, 4.69) is 15.8 Å². The Labute approximate surface area is 201 Å². The number of ether oxygens (including phenoxy) is 1. The fourth-order valence-electron chi connectivity index (χ4n) is 3.95. The van der Waals surface area contributed by atoms with E-state index in [1.54, 1.807) is 6.92 Å². The molecule has 0 saturated heterocycles. The molecule has 0 saturated carbocycles. The predicted octanol–water partition coefficient (Wildman–Crippen LogP) is 0.545. The van der Waals surface area contributed by atoms with Crippen LogP contribution in [0, 0.1) is 12.8 Å². The lowest BCUT2D eigenvalue weighted by molar-refractivity contribution is -0.140. The number of carbonyl (C=O) groups is 4. The molecule has 2 aromatic carbocycles. The molecule has 0 fully saturated rings. The van der Waals surface area contributed by atoms with Gasteiger partial charge in [0.25, 0.3) is 5.91 Å². The van der Waals surface area contributed by atoms with Gasteiger partial charge in [0, 0.05) is 19.7 Å². The Balaban J connectivity index is 1.93. The lowest BCUT2D eigenvalue weighted by Crippen LogP contribution is -2.67. The zero-order valence-corrected chi connectivity index (χ0v) is 19.4. The summed E-state index contributed by atoms with van der Waals surface area (Å²) < 4.78 is 10.1. The fourth-order valence-corrected chi connectivity index (χ4v) is 3.95. The molecule has 184 valence electrons. The van der Waals surface area contributed by atoms with Gasteiger partial charge in [-0.3, -0.25) is 19.2 Å². The van der Waals surface area contributed by atoms with Gasteiger partial charge < -0.3 is 31.4 Å². The summed E-state index contributed by atoms with van der Waals surface area (Å²) in [6.07, 6.45) is -0.735. The van der Waals surface area contributed by atoms with Crippen LogP contribution >= 0.6 is 0 Å². The van der Waals surface area contributed by atoms with Gasteiger partial charge in [0.2, 0.25) is 17.7 Å². The average Bonchev–Trinajstić information content (AvgIpc) is 3.26. The zero-order chi connectivity index (χ0) is 25.6. The summed E-state index contributed by atoms with van der Waals surface area (Å²) in [5.74, 6) is -4.67. The number of nitrogens with zero attached hydrogens (tertiary/aromatic N) is 1. The molecule has 35 heavy (non-hydrogen) atoms. The largest absolute Gasteiger partial charge is 0.384 e. The van der Waals surface area contributed by atoms with Crippen LogP contribution in [0.15, 0.2) is 53.1 Å². The van der Waals surface area contributed by atoms with E-state index in [4.69, 9.17) is 20.7 Å². The van der Waals surface area contributed by atoms with Crippen LogP contribution in [-0.4, -0.2) is 48.0 Å². The topological polar surface area (TPSA) is 180 Å². The molecular formula is C24H27N5O6. The Kier molecular flexibility index (Phi) is 7.82. The van der Waals surface area contributed by atoms with Gasteiger partial charge >= 0.3 is 0 Å². The maximum Gasteiger partial charge on any atom is 0.274 e. The minimum Gasteiger partial charge on any atom is -0.384 e. The third kappa shape index (κ3) is 5.64. The molecule has 0 radical (unpaired) electrons. The first-order valence-corrected chi connectivity index (χ1v) is 10.7. The van der Waals surface area contributed by atoms with Crippen LogP contribution in [0.25, 0.3) is 10.8 Å². The lowest BCUT2D eigenvalue weighted by Gasteiger charge is -2.36. The van der Waals surface area contributed by atoms with Gasteiger partial charge in [-0.25, -0.2) is 0 Å². The normalized spacial score (nSPS) is 13.5. The van der Waals surface area contributed by atoms with E-state index in [0.717, 1.165) is 16.3 Å². The van der Waals surface area contributed by atoms with Crippen molar-refractivity contribution in [2.75, 3.05) is 13.7 Å². The highest BCUT2D eigenvalue weighted by atomic mass is 16.5. The van der Waals surface area contributed by atoms with Crippen LogP contribution in [0.3, 0.4) is 0 Å². The van der Waals surface area contributed by atoms with Gasteiger partial charge in [-0.1, -0.05) is 47.6 Å². The van der Waals surface area contributed by atoms with E-state index < -0.39 is 41.5 Å². The van der Waals surface area contributed by atoms with Crippen LogP contribution in [-0.2, 0) is 25.7 Å². The molecule has 1 aromatic heterocycles. The Morgan fingerprint density at radius 2 is 1.83 bits per heavy atom. The molecule has 0 aliphatic rings. The van der Waals surface area contributed by atoms with Crippen LogP contribution in [0.4, 0.5) is 0 Å². The summed E-state index contributed by atoms with van der Waals surface area (Å²) in [6, 6.07) is 14.6. The number of fused-ring (bicyclic) bond motifs is 1. The van der Waals surface area contributed by atoms with Crippen LogP contribution < -0.4 is 22.1 Å². The molecule has 3 rings (SSSR count). The van der Waals surface area contributed by atoms with Gasteiger partial charge in [0.1, 0.15) is 11.3 Å². The number of nitrogens with two attached hydrogens (primary N) is 2. The summed E-state index contributed by atoms with van der Waals surface area (Å²) >= 11 is 0. The van der Waals surface area contributed by atoms with Crippen molar-refractivity contribution in [1.82, 2.24) is 15.8 Å². The Hall–Kier alpha value is -4.25. The van der Waals surface area contributed by atoms with Crippen molar-refractivity contribution in [2.24, 2.45) is 17.4 Å². The monoisotopic (exact) mass is 481 g/mol. The number of aromatic nitrogens is 1. The van der Waals surface area contributed by atoms with Crippen molar-refractivity contribution in [1.29, 1.82) is 0 Å². The quantitative estimate of drug-likeness (QED) is 0.308. The second kappa shape index (κ2) is 10.8. The number of rotatable bonds is 11. The maximum absolute atomic E-state index is 13.4. The molecule has 0 bridgehead atoms. The van der Waals surface area contributed by atoms with Gasteiger partial charge in [-0.05, 0) is 23.3 Å². The van der Waals surface area contributed by atoms with Gasteiger partial charge in [-0.15, -0.1) is 0 Å². The molecule has 3 aromatic rings. The standard InChI is InChI=1S/C24H27N5O6/c1-14-10-19(29-35-14)22(32)28-24(23(26)33,11-20(25)30)18(13-34-2)21(31)27-12-16-8-5-7-15-6-3-4-9-17(15)16/h3-10,18H,11-13H2,1-2H3,(H2,25,30)(H2,26,33)(H,27,31)(H,28,32)/t18-,24?/m0/s1. The fraction of sp³-hybridized carbons (Fsp3) is 0.292. The second-order valence-corrected chi connectivity index (χ2v) is 8.12. The van der Waals surface area contributed by atoms with Crippen LogP contribution in [0.1, 0.15) is 28.2 Å². The molecule has 0 aliphatic heterocycles. The Morgan fingerprint density at radius 1 is 1.11 bits per heavy atom. The number of hydrogen-bond acceptors (Lipinski definition) is 7. The minimum absolute atomic E-state index is 0.113. The summed E-state index contributed by atoms with van der Waals surface area (Å²) in [5, 5.41) is 10.7. The van der Waals surface area contributed by atoms with E-state index in [1.165, 1.54) is 13.2 Å². The molecule has 6 N–H and O–H groups in total. The third-order valence-electron chi connectivity index (χ3n) is 5.67. The highest BCUT2D eigenvalue weighted by molar-refractivity contribution is 6.02. The summed E-state index contributed by atoms with van der Waals surface area (Å²) in [4.78, 5) is 50.9. The van der Waals surface area contributed by atoms with Crippen LogP contribution in [0.5, 0.6) is 0 Å². The Bertz CT molecular complexity index is 1250. The van der Waals surface area contributed by atoms with Crippen molar-refractivity contribution in [3.8, 4) is 0 Å². The van der Waals surface area contributed by atoms with Gasteiger partial charge in [0.15, 0.2) is 5.69 Å². The predicted molar refractivity (Wildman–Crippen MR) is 126 cm³/mol. The zero-order valence-electron chi connectivity index (χ0n) is 19.4. The molecule has 4 amide bonds. The number of nitrogens with one attached hydrogen (secondary N) is 2. The van der Waals surface area contributed by atoms with Crippen molar-refractivity contribution in [3.63, 3.8) is 0 Å². The van der Waals surface area contributed by atoms with E-state index in [0.29, 0.717) is 5.76 Å². The first-order chi connectivity index (χ1) is 16.7.